The molecule has 0 radical (unpaired) electrons. The second-order valence-electron chi connectivity index (χ2n) is 7.75. The first-order valence-corrected chi connectivity index (χ1v) is 7.78. The Morgan fingerprint density at radius 2 is 1.84 bits per heavy atom. The average Bonchev–Trinajstić information content (AvgIpc) is 2.34. The molecule has 2 heteroatoms. The fourth-order valence-electron chi connectivity index (χ4n) is 3.04. The van der Waals surface area contributed by atoms with Gasteiger partial charge in [0.25, 0.3) is 0 Å². The van der Waals surface area contributed by atoms with E-state index in [0.29, 0.717) is 11.3 Å². The van der Waals surface area contributed by atoms with Gasteiger partial charge in [0, 0.05) is 13.2 Å². The fourth-order valence-corrected chi connectivity index (χ4v) is 3.04. The van der Waals surface area contributed by atoms with E-state index in [0.717, 1.165) is 38.4 Å². The number of hydrogen-bond donors (Lipinski definition) is 0. The van der Waals surface area contributed by atoms with Crippen LogP contribution in [0, 0.1) is 34.0 Å². The number of nitriles is 1. The molecule has 1 fully saturated rings. The molecule has 0 amide bonds. The monoisotopic (exact) mass is 265 g/mol. The Labute approximate surface area is 119 Å². The Balaban J connectivity index is 2.41. The molecule has 0 N–H and O–H groups in total. The maximum Gasteiger partial charge on any atom is 0.0690 e. The summed E-state index contributed by atoms with van der Waals surface area (Å²) >= 11 is 0. The van der Waals surface area contributed by atoms with Crippen LogP contribution in [0.2, 0.25) is 0 Å². The lowest BCUT2D eigenvalue weighted by Crippen LogP contribution is -2.32. The zero-order valence-electron chi connectivity index (χ0n) is 13.5. The van der Waals surface area contributed by atoms with Gasteiger partial charge in [-0.3, -0.25) is 0 Å². The molecule has 110 valence electrons. The number of ether oxygens (including phenoxy) is 1. The maximum absolute atomic E-state index is 9.53. The van der Waals surface area contributed by atoms with E-state index in [1.54, 1.807) is 0 Å². The van der Waals surface area contributed by atoms with Gasteiger partial charge in [-0.25, -0.2) is 0 Å². The van der Waals surface area contributed by atoms with Crippen molar-refractivity contribution in [1.82, 2.24) is 0 Å². The van der Waals surface area contributed by atoms with Crippen molar-refractivity contribution >= 4 is 0 Å². The van der Waals surface area contributed by atoms with Crippen LogP contribution in [-0.4, -0.2) is 13.2 Å². The summed E-state index contributed by atoms with van der Waals surface area (Å²) in [6.07, 6.45) is 5.41. The van der Waals surface area contributed by atoms with Gasteiger partial charge in [0.15, 0.2) is 0 Å². The molecular formula is C17H31NO. The molecule has 0 unspecified atom stereocenters. The summed E-state index contributed by atoms with van der Waals surface area (Å²) in [5, 5.41) is 9.53. The van der Waals surface area contributed by atoms with Gasteiger partial charge in [-0.2, -0.15) is 5.26 Å². The predicted octanol–water partition coefficient (Wildman–Crippen LogP) is 4.80. The molecule has 1 aliphatic carbocycles. The SMILES string of the molecule is CC(C)COCCC1(C#N)CCC(C(C)(C)C)CC1. The van der Waals surface area contributed by atoms with Crippen molar-refractivity contribution in [2.45, 2.75) is 66.7 Å². The van der Waals surface area contributed by atoms with E-state index in [1.165, 1.54) is 12.8 Å². The summed E-state index contributed by atoms with van der Waals surface area (Å²) < 4.78 is 5.67. The summed E-state index contributed by atoms with van der Waals surface area (Å²) in [5.74, 6) is 1.35. The standard InChI is InChI=1S/C17H31NO/c1-14(2)12-19-11-10-17(13-18)8-6-15(7-9-17)16(3,4)5/h14-15H,6-12H2,1-5H3. The number of rotatable bonds is 5. The van der Waals surface area contributed by atoms with E-state index in [4.69, 9.17) is 4.74 Å². The Morgan fingerprint density at radius 3 is 2.26 bits per heavy atom. The summed E-state index contributed by atoms with van der Waals surface area (Å²) in [5.41, 5.74) is 0.272. The van der Waals surface area contributed by atoms with Crippen molar-refractivity contribution in [3.8, 4) is 6.07 Å². The molecule has 19 heavy (non-hydrogen) atoms. The van der Waals surface area contributed by atoms with Crippen LogP contribution < -0.4 is 0 Å². The minimum Gasteiger partial charge on any atom is -0.381 e. The van der Waals surface area contributed by atoms with Crippen LogP contribution in [0.15, 0.2) is 0 Å². The number of hydrogen-bond acceptors (Lipinski definition) is 2. The maximum atomic E-state index is 9.53. The molecule has 1 rings (SSSR count). The van der Waals surface area contributed by atoms with Crippen LogP contribution in [0.25, 0.3) is 0 Å². The minimum absolute atomic E-state index is 0.112. The van der Waals surface area contributed by atoms with Crippen molar-refractivity contribution in [3.63, 3.8) is 0 Å². The molecule has 0 aromatic rings. The molecule has 0 heterocycles. The quantitative estimate of drug-likeness (QED) is 0.669. The zero-order valence-corrected chi connectivity index (χ0v) is 13.5. The van der Waals surface area contributed by atoms with Crippen LogP contribution in [0.1, 0.15) is 66.7 Å². The van der Waals surface area contributed by atoms with Crippen molar-refractivity contribution in [1.29, 1.82) is 5.26 Å². The molecule has 0 aliphatic heterocycles. The van der Waals surface area contributed by atoms with E-state index in [1.807, 2.05) is 0 Å². The van der Waals surface area contributed by atoms with Gasteiger partial charge in [0.05, 0.1) is 11.5 Å². The van der Waals surface area contributed by atoms with Crippen LogP contribution in [0.5, 0.6) is 0 Å². The van der Waals surface area contributed by atoms with E-state index in [2.05, 4.69) is 40.7 Å². The summed E-state index contributed by atoms with van der Waals surface area (Å²) in [7, 11) is 0. The topological polar surface area (TPSA) is 33.0 Å². The Kier molecular flexibility index (Phi) is 5.86. The third-order valence-corrected chi connectivity index (χ3v) is 4.58. The molecule has 1 aliphatic rings. The van der Waals surface area contributed by atoms with Crippen LogP contribution in [-0.2, 0) is 4.74 Å². The second-order valence-corrected chi connectivity index (χ2v) is 7.75. The van der Waals surface area contributed by atoms with Crippen molar-refractivity contribution < 1.29 is 4.74 Å². The van der Waals surface area contributed by atoms with Gasteiger partial charge in [0.1, 0.15) is 0 Å². The highest BCUT2D eigenvalue weighted by atomic mass is 16.5. The Hall–Kier alpha value is -0.550. The molecule has 0 aromatic carbocycles. The van der Waals surface area contributed by atoms with Crippen molar-refractivity contribution in [3.05, 3.63) is 0 Å². The smallest absolute Gasteiger partial charge is 0.0690 e. The van der Waals surface area contributed by atoms with Crippen LogP contribution in [0.4, 0.5) is 0 Å². The molecule has 2 nitrogen and oxygen atoms in total. The van der Waals surface area contributed by atoms with Crippen molar-refractivity contribution in [2.75, 3.05) is 13.2 Å². The molecule has 0 saturated heterocycles. The molecule has 0 aromatic heterocycles. The third-order valence-electron chi connectivity index (χ3n) is 4.58. The van der Waals surface area contributed by atoms with Gasteiger partial charge in [-0.05, 0) is 49.4 Å². The van der Waals surface area contributed by atoms with Gasteiger partial charge in [0.2, 0.25) is 0 Å². The van der Waals surface area contributed by atoms with Crippen LogP contribution in [0.3, 0.4) is 0 Å². The first-order chi connectivity index (χ1) is 8.79. The summed E-state index contributed by atoms with van der Waals surface area (Å²) in [4.78, 5) is 0. The summed E-state index contributed by atoms with van der Waals surface area (Å²) in [6, 6.07) is 2.60. The highest BCUT2D eigenvalue weighted by molar-refractivity contribution is 5.02. The van der Waals surface area contributed by atoms with Gasteiger partial charge < -0.3 is 4.74 Å². The Bertz CT molecular complexity index is 300. The first-order valence-electron chi connectivity index (χ1n) is 7.78. The minimum atomic E-state index is -0.112. The largest absolute Gasteiger partial charge is 0.381 e. The lowest BCUT2D eigenvalue weighted by atomic mass is 9.63. The lowest BCUT2D eigenvalue weighted by molar-refractivity contribution is 0.0605. The average molecular weight is 265 g/mol. The van der Waals surface area contributed by atoms with E-state index < -0.39 is 0 Å². The highest BCUT2D eigenvalue weighted by Crippen LogP contribution is 2.46. The third kappa shape index (κ3) is 5.15. The lowest BCUT2D eigenvalue weighted by Gasteiger charge is -2.40. The van der Waals surface area contributed by atoms with E-state index >= 15 is 0 Å². The molecular weight excluding hydrogens is 234 g/mol. The fraction of sp³-hybridized carbons (Fsp3) is 0.941. The predicted molar refractivity (Wildman–Crippen MR) is 79.7 cm³/mol. The van der Waals surface area contributed by atoms with Gasteiger partial charge in [-0.15, -0.1) is 0 Å². The summed E-state index contributed by atoms with van der Waals surface area (Å²) in [6.45, 7) is 12.8. The highest BCUT2D eigenvalue weighted by Gasteiger charge is 2.38. The molecule has 0 spiro atoms. The number of nitrogens with zero attached hydrogens (tertiary/aromatic N) is 1. The van der Waals surface area contributed by atoms with Crippen LogP contribution >= 0.6 is 0 Å². The van der Waals surface area contributed by atoms with Gasteiger partial charge >= 0.3 is 0 Å². The first kappa shape index (κ1) is 16.5. The zero-order chi connectivity index (χ0) is 14.5. The molecule has 0 bridgehead atoms. The molecule has 0 atom stereocenters. The second kappa shape index (κ2) is 6.75. The molecule has 1 saturated carbocycles. The normalized spacial score (nSPS) is 28.4. The van der Waals surface area contributed by atoms with E-state index in [-0.39, 0.29) is 5.41 Å². The van der Waals surface area contributed by atoms with Crippen molar-refractivity contribution in [2.24, 2.45) is 22.7 Å². The van der Waals surface area contributed by atoms with E-state index in [9.17, 15) is 5.26 Å². The van der Waals surface area contributed by atoms with Gasteiger partial charge in [-0.1, -0.05) is 34.6 Å². The Morgan fingerprint density at radius 1 is 1.26 bits per heavy atom.